The summed E-state index contributed by atoms with van der Waals surface area (Å²) in [7, 11) is 1.47. The van der Waals surface area contributed by atoms with Gasteiger partial charge in [0.15, 0.2) is 5.75 Å². The van der Waals surface area contributed by atoms with Crippen LogP contribution in [-0.2, 0) is 9.53 Å². The van der Waals surface area contributed by atoms with Crippen LogP contribution in [0.25, 0.3) is 0 Å². The zero-order valence-electron chi connectivity index (χ0n) is 12.7. The number of carbonyl (C=O) groups excluding carboxylic acids is 1. The molecule has 2 aromatic carbocycles. The van der Waals surface area contributed by atoms with Gasteiger partial charge in [0.2, 0.25) is 5.91 Å². The van der Waals surface area contributed by atoms with Gasteiger partial charge in [0, 0.05) is 7.11 Å². The molecule has 5 nitrogen and oxygen atoms in total. The summed E-state index contributed by atoms with van der Waals surface area (Å²) in [5, 5.41) is 2.75. The zero-order chi connectivity index (χ0) is 15.8. The Balaban J connectivity index is 2.10. The molecule has 22 heavy (non-hydrogen) atoms. The molecule has 0 aliphatic carbocycles. The third kappa shape index (κ3) is 4.49. The Hall–Kier alpha value is -2.53. The fourth-order valence-corrected chi connectivity index (χ4v) is 1.87. The zero-order valence-corrected chi connectivity index (χ0v) is 12.7. The normalized spacial score (nSPS) is 10.1. The Labute approximate surface area is 129 Å². The first kappa shape index (κ1) is 15.9. The third-order valence-electron chi connectivity index (χ3n) is 2.80. The molecular formula is C17H19NO4. The minimum absolute atomic E-state index is 0.00259. The molecule has 0 radical (unpaired) electrons. The number of rotatable bonds is 7. The van der Waals surface area contributed by atoms with Gasteiger partial charge in [-0.15, -0.1) is 0 Å². The molecule has 5 heteroatoms. The molecule has 0 fully saturated rings. The first-order chi connectivity index (χ1) is 10.7. The van der Waals surface area contributed by atoms with Crippen LogP contribution in [0.2, 0.25) is 0 Å². The molecule has 0 aliphatic heterocycles. The SMILES string of the molecule is CCOc1ccc(Oc2ccccc2NC(=O)COC)cc1. The van der Waals surface area contributed by atoms with Gasteiger partial charge in [-0.1, -0.05) is 12.1 Å². The number of ether oxygens (including phenoxy) is 3. The highest BCUT2D eigenvalue weighted by Gasteiger charge is 2.08. The second kappa shape index (κ2) is 8.05. The lowest BCUT2D eigenvalue weighted by Gasteiger charge is -2.12. The molecule has 116 valence electrons. The summed E-state index contributed by atoms with van der Waals surface area (Å²) in [4.78, 5) is 11.6. The summed E-state index contributed by atoms with van der Waals surface area (Å²) in [5.41, 5.74) is 0.596. The Bertz CT molecular complexity index is 610. The predicted molar refractivity (Wildman–Crippen MR) is 84.6 cm³/mol. The number of methoxy groups -OCH3 is 1. The number of hydrogen-bond donors (Lipinski definition) is 1. The lowest BCUT2D eigenvalue weighted by molar-refractivity contribution is -0.119. The first-order valence-electron chi connectivity index (χ1n) is 7.01. The second-order valence-electron chi connectivity index (χ2n) is 4.48. The molecule has 1 N–H and O–H groups in total. The maximum Gasteiger partial charge on any atom is 0.250 e. The van der Waals surface area contributed by atoms with E-state index in [0.717, 1.165) is 5.75 Å². The number of anilines is 1. The van der Waals surface area contributed by atoms with Gasteiger partial charge in [-0.2, -0.15) is 0 Å². The molecule has 0 unspecified atom stereocenters. The van der Waals surface area contributed by atoms with Gasteiger partial charge in [-0.3, -0.25) is 4.79 Å². The first-order valence-corrected chi connectivity index (χ1v) is 7.01. The van der Waals surface area contributed by atoms with Crippen molar-refractivity contribution in [3.63, 3.8) is 0 Å². The maximum atomic E-state index is 11.6. The predicted octanol–water partition coefficient (Wildman–Crippen LogP) is 3.46. The van der Waals surface area contributed by atoms with E-state index in [9.17, 15) is 4.79 Å². The second-order valence-corrected chi connectivity index (χ2v) is 4.48. The molecule has 0 spiro atoms. The average Bonchev–Trinajstić information content (AvgIpc) is 2.52. The quantitative estimate of drug-likeness (QED) is 0.851. The van der Waals surface area contributed by atoms with Crippen LogP contribution in [0.5, 0.6) is 17.2 Å². The average molecular weight is 301 g/mol. The Morgan fingerprint density at radius 3 is 2.41 bits per heavy atom. The van der Waals surface area contributed by atoms with Crippen molar-refractivity contribution in [2.45, 2.75) is 6.92 Å². The van der Waals surface area contributed by atoms with Gasteiger partial charge in [-0.25, -0.2) is 0 Å². The molecule has 0 heterocycles. The third-order valence-corrected chi connectivity index (χ3v) is 2.80. The van der Waals surface area contributed by atoms with Crippen LogP contribution < -0.4 is 14.8 Å². The topological polar surface area (TPSA) is 56.8 Å². The number of amides is 1. The van der Waals surface area contributed by atoms with E-state index in [0.29, 0.717) is 23.8 Å². The van der Waals surface area contributed by atoms with Crippen molar-refractivity contribution in [3.8, 4) is 17.2 Å². The molecule has 0 saturated carbocycles. The van der Waals surface area contributed by atoms with Crippen molar-refractivity contribution in [1.29, 1.82) is 0 Å². The van der Waals surface area contributed by atoms with Gasteiger partial charge in [0.05, 0.1) is 12.3 Å². The summed E-state index contributed by atoms with van der Waals surface area (Å²) in [5.74, 6) is 1.79. The van der Waals surface area contributed by atoms with Crippen LogP contribution in [0, 0.1) is 0 Å². The largest absolute Gasteiger partial charge is 0.494 e. The Morgan fingerprint density at radius 1 is 1.05 bits per heavy atom. The Morgan fingerprint density at radius 2 is 1.73 bits per heavy atom. The van der Waals surface area contributed by atoms with Crippen LogP contribution in [0.1, 0.15) is 6.92 Å². The van der Waals surface area contributed by atoms with Gasteiger partial charge >= 0.3 is 0 Å². The van der Waals surface area contributed by atoms with E-state index < -0.39 is 0 Å². The molecule has 0 aromatic heterocycles. The number of para-hydroxylation sites is 2. The van der Waals surface area contributed by atoms with E-state index in [1.165, 1.54) is 7.11 Å². The van der Waals surface area contributed by atoms with Crippen LogP contribution in [0.15, 0.2) is 48.5 Å². The fourth-order valence-electron chi connectivity index (χ4n) is 1.87. The van der Waals surface area contributed by atoms with Crippen LogP contribution in [-0.4, -0.2) is 26.2 Å². The fraction of sp³-hybridized carbons (Fsp3) is 0.235. The highest BCUT2D eigenvalue weighted by molar-refractivity contribution is 5.93. The van der Waals surface area contributed by atoms with Gasteiger partial charge in [0.1, 0.15) is 18.1 Å². The van der Waals surface area contributed by atoms with Crippen LogP contribution >= 0.6 is 0 Å². The van der Waals surface area contributed by atoms with Gasteiger partial charge in [0.25, 0.3) is 0 Å². The summed E-state index contributed by atoms with van der Waals surface area (Å²) < 4.78 is 16.0. The monoisotopic (exact) mass is 301 g/mol. The number of benzene rings is 2. The summed E-state index contributed by atoms with van der Waals surface area (Å²) in [6.07, 6.45) is 0. The van der Waals surface area contributed by atoms with E-state index in [-0.39, 0.29) is 12.5 Å². The molecule has 0 bridgehead atoms. The smallest absolute Gasteiger partial charge is 0.250 e. The van der Waals surface area contributed by atoms with E-state index >= 15 is 0 Å². The van der Waals surface area contributed by atoms with Gasteiger partial charge in [-0.05, 0) is 43.3 Å². The lowest BCUT2D eigenvalue weighted by atomic mass is 10.2. The van der Waals surface area contributed by atoms with Crippen molar-refractivity contribution < 1.29 is 19.0 Å². The van der Waals surface area contributed by atoms with E-state index in [1.54, 1.807) is 12.1 Å². The van der Waals surface area contributed by atoms with E-state index in [2.05, 4.69) is 5.32 Å². The lowest BCUT2D eigenvalue weighted by Crippen LogP contribution is -2.17. The maximum absolute atomic E-state index is 11.6. The molecule has 0 aliphatic rings. The molecule has 2 rings (SSSR count). The number of carbonyl (C=O) groups is 1. The van der Waals surface area contributed by atoms with Crippen molar-refractivity contribution in [2.75, 3.05) is 25.6 Å². The number of hydrogen-bond acceptors (Lipinski definition) is 4. The highest BCUT2D eigenvalue weighted by Crippen LogP contribution is 2.30. The van der Waals surface area contributed by atoms with E-state index in [4.69, 9.17) is 14.2 Å². The van der Waals surface area contributed by atoms with Crippen molar-refractivity contribution in [3.05, 3.63) is 48.5 Å². The van der Waals surface area contributed by atoms with Gasteiger partial charge < -0.3 is 19.5 Å². The Kier molecular flexibility index (Phi) is 5.80. The summed E-state index contributed by atoms with van der Waals surface area (Å²) >= 11 is 0. The summed E-state index contributed by atoms with van der Waals surface area (Å²) in [6.45, 7) is 2.55. The number of nitrogens with one attached hydrogen (secondary N) is 1. The molecular weight excluding hydrogens is 282 g/mol. The van der Waals surface area contributed by atoms with Crippen molar-refractivity contribution >= 4 is 11.6 Å². The van der Waals surface area contributed by atoms with Crippen molar-refractivity contribution in [1.82, 2.24) is 0 Å². The molecule has 1 amide bonds. The van der Waals surface area contributed by atoms with Crippen molar-refractivity contribution in [2.24, 2.45) is 0 Å². The summed E-state index contributed by atoms with van der Waals surface area (Å²) in [6, 6.07) is 14.5. The standard InChI is InChI=1S/C17H19NO4/c1-3-21-13-8-10-14(11-9-13)22-16-7-5-4-6-15(16)18-17(19)12-20-2/h4-11H,3,12H2,1-2H3,(H,18,19). The highest BCUT2D eigenvalue weighted by atomic mass is 16.5. The molecule has 0 atom stereocenters. The van der Waals surface area contributed by atoms with E-state index in [1.807, 2.05) is 43.3 Å². The van der Waals surface area contributed by atoms with Crippen LogP contribution in [0.3, 0.4) is 0 Å². The molecule has 2 aromatic rings. The minimum Gasteiger partial charge on any atom is -0.494 e. The molecule has 0 saturated heterocycles. The van der Waals surface area contributed by atoms with Crippen LogP contribution in [0.4, 0.5) is 5.69 Å². The minimum atomic E-state index is -0.231.